The summed E-state index contributed by atoms with van der Waals surface area (Å²) in [6.45, 7) is 11.6. The molecule has 7 nitrogen and oxygen atoms in total. The molecule has 3 rings (SSSR count). The molecule has 1 N–H and O–H groups in total. The van der Waals surface area contributed by atoms with Gasteiger partial charge < -0.3 is 14.8 Å². The van der Waals surface area contributed by atoms with Crippen molar-refractivity contribution in [3.05, 3.63) is 46.1 Å². The van der Waals surface area contributed by atoms with Crippen LogP contribution in [0.15, 0.2) is 45.5 Å². The van der Waals surface area contributed by atoms with Crippen LogP contribution in [0, 0.1) is 23.2 Å². The average molecular weight is 557 g/mol. The van der Waals surface area contributed by atoms with Gasteiger partial charge in [0.2, 0.25) is 5.91 Å². The standard InChI is InChI=1S/C28H34BrN3O4/c1-6-9-18-10-23-27(24(34)11-18)26(21(14-30)16(4)31-23)19-12-22(29)28(25(13-19)35-8-3)36-15-20(7-2)32-17(5)33/h7,12-13,18,20-21,26H,2,6,8-11,15H2,1,3-5H3,(H,32,33). The zero-order chi connectivity index (χ0) is 26.4. The molecule has 1 aliphatic heterocycles. The van der Waals surface area contributed by atoms with Gasteiger partial charge in [0.15, 0.2) is 17.3 Å². The van der Waals surface area contributed by atoms with Crippen LogP contribution in [-0.2, 0) is 9.59 Å². The lowest BCUT2D eigenvalue weighted by atomic mass is 9.70. The first-order valence-corrected chi connectivity index (χ1v) is 13.2. The summed E-state index contributed by atoms with van der Waals surface area (Å²) in [5, 5.41) is 12.8. The van der Waals surface area contributed by atoms with Crippen molar-refractivity contribution in [2.24, 2.45) is 16.8 Å². The maximum Gasteiger partial charge on any atom is 0.217 e. The van der Waals surface area contributed by atoms with Crippen LogP contribution in [0.25, 0.3) is 0 Å². The minimum Gasteiger partial charge on any atom is -0.490 e. The lowest BCUT2D eigenvalue weighted by Crippen LogP contribution is -2.36. The topological polar surface area (TPSA) is 101 Å². The van der Waals surface area contributed by atoms with E-state index < -0.39 is 11.8 Å². The normalized spacial score (nSPS) is 22.2. The van der Waals surface area contributed by atoms with Crippen molar-refractivity contribution in [1.82, 2.24) is 5.32 Å². The fourth-order valence-corrected chi connectivity index (χ4v) is 5.62. The van der Waals surface area contributed by atoms with Gasteiger partial charge >= 0.3 is 0 Å². The minimum atomic E-state index is -0.548. The summed E-state index contributed by atoms with van der Waals surface area (Å²) in [4.78, 5) is 29.6. The lowest BCUT2D eigenvalue weighted by Gasteiger charge is -2.35. The highest BCUT2D eigenvalue weighted by Crippen LogP contribution is 2.48. The molecular formula is C28H34BrN3O4. The third-order valence-corrected chi connectivity index (χ3v) is 7.17. The van der Waals surface area contributed by atoms with Gasteiger partial charge in [0.05, 0.1) is 29.1 Å². The fraction of sp³-hybridized carbons (Fsp3) is 0.500. The molecular weight excluding hydrogens is 522 g/mol. The number of rotatable bonds is 10. The first-order valence-electron chi connectivity index (χ1n) is 12.4. The first-order chi connectivity index (χ1) is 17.2. The van der Waals surface area contributed by atoms with E-state index in [1.165, 1.54) is 6.92 Å². The third kappa shape index (κ3) is 6.07. The quantitative estimate of drug-likeness (QED) is 0.376. The number of nitriles is 1. The number of nitrogens with zero attached hydrogens (tertiary/aromatic N) is 2. The van der Waals surface area contributed by atoms with E-state index >= 15 is 0 Å². The van der Waals surface area contributed by atoms with E-state index in [2.05, 4.69) is 40.8 Å². The van der Waals surface area contributed by atoms with Crippen molar-refractivity contribution in [3.8, 4) is 17.6 Å². The Hall–Kier alpha value is -2.92. The Balaban J connectivity index is 2.03. The van der Waals surface area contributed by atoms with Crippen LogP contribution in [0.1, 0.15) is 64.9 Å². The van der Waals surface area contributed by atoms with Crippen molar-refractivity contribution < 1.29 is 19.1 Å². The molecule has 1 heterocycles. The van der Waals surface area contributed by atoms with Crippen LogP contribution in [0.3, 0.4) is 0 Å². The van der Waals surface area contributed by atoms with Crippen LogP contribution in [-0.4, -0.2) is 36.7 Å². The van der Waals surface area contributed by atoms with E-state index in [9.17, 15) is 14.9 Å². The molecule has 1 aliphatic carbocycles. The van der Waals surface area contributed by atoms with Crippen LogP contribution >= 0.6 is 15.9 Å². The van der Waals surface area contributed by atoms with Crippen molar-refractivity contribution in [2.45, 2.75) is 65.3 Å². The highest BCUT2D eigenvalue weighted by molar-refractivity contribution is 9.10. The van der Waals surface area contributed by atoms with Gasteiger partial charge in [-0.05, 0) is 66.2 Å². The molecule has 0 fully saturated rings. The van der Waals surface area contributed by atoms with Gasteiger partial charge in [-0.1, -0.05) is 19.4 Å². The second-order valence-corrected chi connectivity index (χ2v) is 10.2. The number of Topliss-reactive ketones (excluding diaryl/α,β-unsaturated/α-hetero) is 1. The molecule has 2 aliphatic rings. The number of ether oxygens (including phenoxy) is 2. The Morgan fingerprint density at radius 2 is 2.11 bits per heavy atom. The maximum atomic E-state index is 13.4. The van der Waals surface area contributed by atoms with Gasteiger partial charge in [-0.15, -0.1) is 6.58 Å². The molecule has 0 saturated heterocycles. The molecule has 36 heavy (non-hydrogen) atoms. The molecule has 0 aromatic heterocycles. The van der Waals surface area contributed by atoms with Gasteiger partial charge in [-0.25, -0.2) is 0 Å². The maximum absolute atomic E-state index is 13.4. The SMILES string of the molecule is C=CC(COc1c(Br)cc(C2C3=C(CC(CCC)CC3=O)N=C(C)C2C#N)cc1OCC)NC(C)=O. The largest absolute Gasteiger partial charge is 0.490 e. The molecule has 0 radical (unpaired) electrons. The summed E-state index contributed by atoms with van der Waals surface area (Å²) < 4.78 is 12.6. The summed E-state index contributed by atoms with van der Waals surface area (Å²) in [5.41, 5.74) is 3.00. The summed E-state index contributed by atoms with van der Waals surface area (Å²) in [6.07, 6.45) is 4.87. The summed E-state index contributed by atoms with van der Waals surface area (Å²) >= 11 is 3.62. The highest BCUT2D eigenvalue weighted by atomic mass is 79.9. The van der Waals surface area contributed by atoms with Crippen LogP contribution < -0.4 is 14.8 Å². The Bertz CT molecular complexity index is 1130. The summed E-state index contributed by atoms with van der Waals surface area (Å²) in [7, 11) is 0. The Kier molecular flexibility index (Phi) is 9.49. The number of hydrogen-bond donors (Lipinski definition) is 1. The minimum absolute atomic E-state index is 0.0785. The predicted molar refractivity (Wildman–Crippen MR) is 143 cm³/mol. The number of carbonyl (C=O) groups is 2. The van der Waals surface area contributed by atoms with Gasteiger partial charge in [0.25, 0.3) is 0 Å². The van der Waals surface area contributed by atoms with Crippen molar-refractivity contribution in [1.29, 1.82) is 5.26 Å². The number of benzene rings is 1. The van der Waals surface area contributed by atoms with Crippen molar-refractivity contribution >= 4 is 33.3 Å². The number of halogens is 1. The molecule has 1 amide bonds. The van der Waals surface area contributed by atoms with E-state index in [1.54, 1.807) is 6.08 Å². The number of aliphatic imine (C=N–C) groups is 1. The van der Waals surface area contributed by atoms with E-state index in [-0.39, 0.29) is 24.3 Å². The number of allylic oxidation sites excluding steroid dienone is 2. The predicted octanol–water partition coefficient (Wildman–Crippen LogP) is 5.65. The Morgan fingerprint density at radius 1 is 1.36 bits per heavy atom. The first kappa shape index (κ1) is 27.7. The van der Waals surface area contributed by atoms with Crippen LogP contribution in [0.5, 0.6) is 11.5 Å². The van der Waals surface area contributed by atoms with E-state index in [0.29, 0.717) is 40.5 Å². The van der Waals surface area contributed by atoms with E-state index in [4.69, 9.17) is 14.5 Å². The number of amides is 1. The van der Waals surface area contributed by atoms with Crippen LogP contribution in [0.4, 0.5) is 0 Å². The van der Waals surface area contributed by atoms with Crippen molar-refractivity contribution in [3.63, 3.8) is 0 Å². The summed E-state index contributed by atoms with van der Waals surface area (Å²) in [6, 6.07) is 5.77. The highest BCUT2D eigenvalue weighted by Gasteiger charge is 2.41. The number of carbonyl (C=O) groups excluding carboxylic acids is 2. The molecule has 1 aromatic rings. The Morgan fingerprint density at radius 3 is 2.72 bits per heavy atom. The monoisotopic (exact) mass is 555 g/mol. The molecule has 0 spiro atoms. The lowest BCUT2D eigenvalue weighted by molar-refractivity contribution is -0.119. The molecule has 192 valence electrons. The average Bonchev–Trinajstić information content (AvgIpc) is 2.81. The number of nitrogens with one attached hydrogen (secondary N) is 1. The molecule has 4 atom stereocenters. The zero-order valence-corrected chi connectivity index (χ0v) is 23.0. The van der Waals surface area contributed by atoms with E-state index in [1.807, 2.05) is 26.0 Å². The molecule has 1 aromatic carbocycles. The second-order valence-electron chi connectivity index (χ2n) is 9.30. The smallest absolute Gasteiger partial charge is 0.217 e. The molecule has 0 saturated carbocycles. The molecule has 4 unspecified atom stereocenters. The number of hydrogen-bond acceptors (Lipinski definition) is 6. The molecule has 0 bridgehead atoms. The van der Waals surface area contributed by atoms with E-state index in [0.717, 1.165) is 36.2 Å². The third-order valence-electron chi connectivity index (χ3n) is 6.58. The van der Waals surface area contributed by atoms with Gasteiger partial charge in [-0.3, -0.25) is 14.6 Å². The van der Waals surface area contributed by atoms with Crippen LogP contribution in [0.2, 0.25) is 0 Å². The Labute approximate surface area is 221 Å². The second kappa shape index (κ2) is 12.4. The van der Waals surface area contributed by atoms with Gasteiger partial charge in [-0.2, -0.15) is 5.26 Å². The fourth-order valence-electron chi connectivity index (χ4n) is 5.05. The summed E-state index contributed by atoms with van der Waals surface area (Å²) in [5.74, 6) is 0.200. The zero-order valence-electron chi connectivity index (χ0n) is 21.4. The number of ketones is 1. The van der Waals surface area contributed by atoms with Crippen molar-refractivity contribution in [2.75, 3.05) is 13.2 Å². The van der Waals surface area contributed by atoms with Gasteiger partial charge in [0.1, 0.15) is 6.61 Å². The molecule has 8 heteroatoms. The van der Waals surface area contributed by atoms with Gasteiger partial charge in [0, 0.05) is 36.2 Å².